The fraction of sp³-hybridized carbons (Fsp3) is 0.667. The molecule has 0 spiro atoms. The molecule has 0 aliphatic rings. The maximum absolute atomic E-state index is 6.77. The number of hydrogen-bond donors (Lipinski definition) is 0. The van der Waals surface area contributed by atoms with Crippen molar-refractivity contribution < 1.29 is 4.74 Å². The van der Waals surface area contributed by atoms with Crippen molar-refractivity contribution in [2.45, 2.75) is 156 Å². The standard InChI is InChI=1S/C36H58O/c1-5-9-11-13-15-17-19-25-31-27-21-29-35(33(31)23-7-3)37-36-30-22-28-32(34(36)24-8-4)26-20-18-16-14-12-10-6-2/h21-22,27-30H,5-20,23-26H2,1-4H3. The summed E-state index contributed by atoms with van der Waals surface area (Å²) in [7, 11) is 0. The van der Waals surface area contributed by atoms with Crippen molar-refractivity contribution in [3.05, 3.63) is 58.7 Å². The molecule has 2 rings (SSSR count). The summed E-state index contributed by atoms with van der Waals surface area (Å²) in [5.41, 5.74) is 5.89. The lowest BCUT2D eigenvalue weighted by atomic mass is 9.95. The SMILES string of the molecule is CCCCCCCCCc1cccc(Oc2cccc(CCCCCCCCC)c2CCC)c1CCC. The zero-order valence-corrected chi connectivity index (χ0v) is 25.0. The highest BCUT2D eigenvalue weighted by atomic mass is 16.5. The molecule has 208 valence electrons. The number of rotatable bonds is 22. The van der Waals surface area contributed by atoms with Gasteiger partial charge in [-0.05, 0) is 72.9 Å². The van der Waals surface area contributed by atoms with Crippen LogP contribution in [-0.4, -0.2) is 0 Å². The molecule has 1 nitrogen and oxygen atoms in total. The van der Waals surface area contributed by atoms with E-state index in [2.05, 4.69) is 64.1 Å². The molecule has 37 heavy (non-hydrogen) atoms. The first-order valence-electron chi connectivity index (χ1n) is 16.1. The van der Waals surface area contributed by atoms with Crippen LogP contribution in [0.4, 0.5) is 0 Å². The topological polar surface area (TPSA) is 9.23 Å². The third kappa shape index (κ3) is 12.1. The van der Waals surface area contributed by atoms with Crippen molar-refractivity contribution in [1.82, 2.24) is 0 Å². The molecule has 0 aliphatic carbocycles. The average molecular weight is 507 g/mol. The molecule has 0 atom stereocenters. The van der Waals surface area contributed by atoms with Crippen molar-refractivity contribution in [3.8, 4) is 11.5 Å². The van der Waals surface area contributed by atoms with E-state index in [-0.39, 0.29) is 0 Å². The first kappa shape index (κ1) is 31.5. The van der Waals surface area contributed by atoms with Gasteiger partial charge in [-0.1, -0.05) is 142 Å². The molecule has 0 amide bonds. The Morgan fingerprint density at radius 1 is 0.405 bits per heavy atom. The lowest BCUT2D eigenvalue weighted by molar-refractivity contribution is 0.466. The third-order valence-electron chi connectivity index (χ3n) is 7.78. The molecule has 2 aromatic rings. The first-order chi connectivity index (χ1) is 18.2. The lowest BCUT2D eigenvalue weighted by Crippen LogP contribution is -2.02. The van der Waals surface area contributed by atoms with Crippen LogP contribution in [0.3, 0.4) is 0 Å². The van der Waals surface area contributed by atoms with E-state index in [0.29, 0.717) is 0 Å². The van der Waals surface area contributed by atoms with E-state index in [0.717, 1.165) is 37.2 Å². The normalized spacial score (nSPS) is 11.2. The minimum absolute atomic E-state index is 1.09. The lowest BCUT2D eigenvalue weighted by Gasteiger charge is -2.19. The third-order valence-corrected chi connectivity index (χ3v) is 7.78. The molecule has 1 heteroatoms. The molecule has 0 aliphatic heterocycles. The molecule has 0 saturated heterocycles. The smallest absolute Gasteiger partial charge is 0.130 e. The zero-order valence-electron chi connectivity index (χ0n) is 25.0. The van der Waals surface area contributed by atoms with Crippen LogP contribution in [0.15, 0.2) is 36.4 Å². The van der Waals surface area contributed by atoms with Gasteiger partial charge in [0.15, 0.2) is 0 Å². The van der Waals surface area contributed by atoms with Crippen LogP contribution in [0.25, 0.3) is 0 Å². The van der Waals surface area contributed by atoms with Crippen LogP contribution < -0.4 is 4.74 Å². The van der Waals surface area contributed by atoms with Crippen LogP contribution in [0.2, 0.25) is 0 Å². The number of benzene rings is 2. The highest BCUT2D eigenvalue weighted by Gasteiger charge is 2.14. The Morgan fingerprint density at radius 2 is 0.784 bits per heavy atom. The summed E-state index contributed by atoms with van der Waals surface area (Å²) >= 11 is 0. The van der Waals surface area contributed by atoms with E-state index in [1.165, 1.54) is 125 Å². The van der Waals surface area contributed by atoms with Gasteiger partial charge in [0, 0.05) is 0 Å². The Kier molecular flexibility index (Phi) is 17.2. The number of unbranched alkanes of at least 4 members (excludes halogenated alkanes) is 12. The fourth-order valence-corrected chi connectivity index (χ4v) is 5.61. The van der Waals surface area contributed by atoms with Crippen molar-refractivity contribution >= 4 is 0 Å². The van der Waals surface area contributed by atoms with Gasteiger partial charge in [-0.15, -0.1) is 0 Å². The summed E-state index contributed by atoms with van der Waals surface area (Å²) in [6.07, 6.45) is 26.0. The molecule has 0 N–H and O–H groups in total. The Labute approximate surface area is 230 Å². The minimum atomic E-state index is 1.09. The summed E-state index contributed by atoms with van der Waals surface area (Å²) in [6.45, 7) is 9.17. The summed E-state index contributed by atoms with van der Waals surface area (Å²) in [5, 5.41) is 0. The second-order valence-corrected chi connectivity index (χ2v) is 11.1. The van der Waals surface area contributed by atoms with Gasteiger partial charge in [0.1, 0.15) is 11.5 Å². The Bertz CT molecular complexity index is 767. The van der Waals surface area contributed by atoms with E-state index >= 15 is 0 Å². The van der Waals surface area contributed by atoms with Gasteiger partial charge in [0.2, 0.25) is 0 Å². The predicted molar refractivity (Wildman–Crippen MR) is 164 cm³/mol. The average Bonchev–Trinajstić information content (AvgIpc) is 2.91. The van der Waals surface area contributed by atoms with Gasteiger partial charge < -0.3 is 4.74 Å². The van der Waals surface area contributed by atoms with Crippen molar-refractivity contribution in [1.29, 1.82) is 0 Å². The number of ether oxygens (including phenoxy) is 1. The van der Waals surface area contributed by atoms with Gasteiger partial charge in [-0.25, -0.2) is 0 Å². The van der Waals surface area contributed by atoms with Gasteiger partial charge in [-0.3, -0.25) is 0 Å². The molecule has 0 heterocycles. The molecule has 0 fully saturated rings. The Morgan fingerprint density at radius 3 is 1.16 bits per heavy atom. The van der Waals surface area contributed by atoms with Gasteiger partial charge in [0.25, 0.3) is 0 Å². The van der Waals surface area contributed by atoms with Crippen molar-refractivity contribution in [2.24, 2.45) is 0 Å². The first-order valence-corrected chi connectivity index (χ1v) is 16.1. The molecule has 0 saturated carbocycles. The zero-order chi connectivity index (χ0) is 26.6. The maximum atomic E-state index is 6.77. The largest absolute Gasteiger partial charge is 0.457 e. The highest BCUT2D eigenvalue weighted by Crippen LogP contribution is 2.34. The van der Waals surface area contributed by atoms with Crippen LogP contribution in [0.1, 0.15) is 153 Å². The molecule has 0 bridgehead atoms. The van der Waals surface area contributed by atoms with Crippen molar-refractivity contribution in [2.75, 3.05) is 0 Å². The van der Waals surface area contributed by atoms with Gasteiger partial charge in [0.05, 0.1) is 0 Å². The molecule has 0 unspecified atom stereocenters. The Hall–Kier alpha value is -1.76. The van der Waals surface area contributed by atoms with E-state index in [1.807, 2.05) is 0 Å². The number of hydrogen-bond acceptors (Lipinski definition) is 1. The quantitative estimate of drug-likeness (QED) is 0.144. The fourth-order valence-electron chi connectivity index (χ4n) is 5.61. The van der Waals surface area contributed by atoms with Crippen LogP contribution in [0.5, 0.6) is 11.5 Å². The molecule has 2 aromatic carbocycles. The summed E-state index contributed by atoms with van der Waals surface area (Å²) in [4.78, 5) is 0. The summed E-state index contributed by atoms with van der Waals surface area (Å²) in [5.74, 6) is 2.18. The van der Waals surface area contributed by atoms with Gasteiger partial charge >= 0.3 is 0 Å². The molecule has 0 aromatic heterocycles. The summed E-state index contributed by atoms with van der Waals surface area (Å²) < 4.78 is 6.77. The molecular weight excluding hydrogens is 448 g/mol. The second kappa shape index (κ2) is 20.2. The molecule has 0 radical (unpaired) electrons. The van der Waals surface area contributed by atoms with Crippen LogP contribution in [-0.2, 0) is 25.7 Å². The predicted octanol–water partition coefficient (Wildman–Crippen LogP) is 12.0. The summed E-state index contributed by atoms with van der Waals surface area (Å²) in [6, 6.07) is 13.5. The molecular formula is C36H58O. The number of aryl methyl sites for hydroxylation is 2. The van der Waals surface area contributed by atoms with Crippen molar-refractivity contribution in [3.63, 3.8) is 0 Å². The highest BCUT2D eigenvalue weighted by molar-refractivity contribution is 5.47. The van der Waals surface area contributed by atoms with E-state index in [1.54, 1.807) is 0 Å². The van der Waals surface area contributed by atoms with E-state index in [9.17, 15) is 0 Å². The maximum Gasteiger partial charge on any atom is 0.130 e. The monoisotopic (exact) mass is 506 g/mol. The Balaban J connectivity index is 2.06. The van der Waals surface area contributed by atoms with Crippen LogP contribution in [0, 0.1) is 0 Å². The second-order valence-electron chi connectivity index (χ2n) is 11.1. The van der Waals surface area contributed by atoms with Crippen LogP contribution >= 0.6 is 0 Å². The van der Waals surface area contributed by atoms with E-state index in [4.69, 9.17) is 4.74 Å². The minimum Gasteiger partial charge on any atom is -0.457 e. The van der Waals surface area contributed by atoms with E-state index < -0.39 is 0 Å². The van der Waals surface area contributed by atoms with Gasteiger partial charge in [-0.2, -0.15) is 0 Å².